The van der Waals surface area contributed by atoms with E-state index in [1.165, 1.54) is 18.4 Å². The molecule has 0 spiro atoms. The van der Waals surface area contributed by atoms with Crippen molar-refractivity contribution in [3.8, 4) is 11.5 Å². The van der Waals surface area contributed by atoms with Gasteiger partial charge in [0.15, 0.2) is 11.5 Å². The molecule has 2 fully saturated rings. The fourth-order valence-electron chi connectivity index (χ4n) is 3.85. The third-order valence-electron chi connectivity index (χ3n) is 5.76. The second-order valence-corrected chi connectivity index (χ2v) is 8.10. The van der Waals surface area contributed by atoms with Gasteiger partial charge in [0.1, 0.15) is 5.69 Å². The third-order valence-corrected chi connectivity index (χ3v) is 5.76. The number of hydrogen-bond donors (Lipinski definition) is 0. The lowest BCUT2D eigenvalue weighted by Crippen LogP contribution is -2.38. The van der Waals surface area contributed by atoms with Gasteiger partial charge in [0.05, 0.1) is 31.3 Å². The van der Waals surface area contributed by atoms with E-state index in [1.807, 2.05) is 11.8 Å². The third kappa shape index (κ3) is 4.49. The minimum absolute atomic E-state index is 0.0674. The zero-order valence-corrected chi connectivity index (χ0v) is 17.4. The SMILES string of the molecule is COc1cc(C(=O)N2CCC(c3nnc(C)cc3C)CC2)ncc1OCC1CC1. The van der Waals surface area contributed by atoms with Gasteiger partial charge in [0.25, 0.3) is 5.91 Å². The van der Waals surface area contributed by atoms with Gasteiger partial charge in [0, 0.05) is 25.1 Å². The molecule has 0 bridgehead atoms. The molecule has 2 aromatic rings. The van der Waals surface area contributed by atoms with E-state index >= 15 is 0 Å². The molecule has 7 nitrogen and oxygen atoms in total. The lowest BCUT2D eigenvalue weighted by atomic mass is 9.91. The van der Waals surface area contributed by atoms with Crippen molar-refractivity contribution in [3.05, 3.63) is 41.0 Å². The fourth-order valence-corrected chi connectivity index (χ4v) is 3.85. The van der Waals surface area contributed by atoms with Crippen molar-refractivity contribution in [2.24, 2.45) is 5.92 Å². The summed E-state index contributed by atoms with van der Waals surface area (Å²) in [5.74, 6) is 2.08. The second-order valence-electron chi connectivity index (χ2n) is 8.10. The first-order valence-electron chi connectivity index (χ1n) is 10.3. The van der Waals surface area contributed by atoms with Crippen LogP contribution in [0.4, 0.5) is 0 Å². The fraction of sp³-hybridized carbons (Fsp3) is 0.545. The lowest BCUT2D eigenvalue weighted by molar-refractivity contribution is 0.0705. The summed E-state index contributed by atoms with van der Waals surface area (Å²) in [7, 11) is 1.59. The number of ether oxygens (including phenoxy) is 2. The Balaban J connectivity index is 1.39. The average Bonchev–Trinajstić information content (AvgIpc) is 3.56. The van der Waals surface area contributed by atoms with Gasteiger partial charge in [-0.25, -0.2) is 4.98 Å². The maximum Gasteiger partial charge on any atom is 0.272 e. The zero-order valence-electron chi connectivity index (χ0n) is 17.4. The van der Waals surface area contributed by atoms with E-state index in [2.05, 4.69) is 28.2 Å². The summed E-state index contributed by atoms with van der Waals surface area (Å²) in [6.45, 7) is 6.08. The Morgan fingerprint density at radius 2 is 1.86 bits per heavy atom. The van der Waals surface area contributed by atoms with E-state index < -0.39 is 0 Å². The van der Waals surface area contributed by atoms with Crippen molar-refractivity contribution in [1.29, 1.82) is 0 Å². The van der Waals surface area contributed by atoms with Crippen LogP contribution in [0.25, 0.3) is 0 Å². The number of aromatic nitrogens is 3. The molecule has 2 aromatic heterocycles. The van der Waals surface area contributed by atoms with E-state index in [4.69, 9.17) is 9.47 Å². The van der Waals surface area contributed by atoms with Crippen molar-refractivity contribution in [3.63, 3.8) is 0 Å². The van der Waals surface area contributed by atoms with Crippen molar-refractivity contribution < 1.29 is 14.3 Å². The Hall–Kier alpha value is -2.70. The number of rotatable bonds is 6. The number of amides is 1. The van der Waals surface area contributed by atoms with Crippen LogP contribution in [0.5, 0.6) is 11.5 Å². The number of likely N-dealkylation sites (tertiary alicyclic amines) is 1. The summed E-state index contributed by atoms with van der Waals surface area (Å²) in [4.78, 5) is 19.2. The molecule has 2 aliphatic rings. The standard InChI is InChI=1S/C22H28N4O3/c1-14-10-15(2)24-25-21(14)17-6-8-26(9-7-17)22(27)18-11-19(28-3)20(12-23-18)29-13-16-4-5-16/h10-12,16-17H,4-9,13H2,1-3H3. The first-order valence-corrected chi connectivity index (χ1v) is 10.3. The molecular formula is C22H28N4O3. The minimum Gasteiger partial charge on any atom is -0.493 e. The molecule has 1 amide bonds. The maximum atomic E-state index is 12.9. The van der Waals surface area contributed by atoms with Crippen molar-refractivity contribution >= 4 is 5.91 Å². The Labute approximate surface area is 171 Å². The Morgan fingerprint density at radius 3 is 2.52 bits per heavy atom. The van der Waals surface area contributed by atoms with Crippen LogP contribution in [0.15, 0.2) is 18.3 Å². The molecule has 0 unspecified atom stereocenters. The molecule has 29 heavy (non-hydrogen) atoms. The summed E-state index contributed by atoms with van der Waals surface area (Å²) in [5.41, 5.74) is 3.56. The van der Waals surface area contributed by atoms with Crippen molar-refractivity contribution in [2.75, 3.05) is 26.8 Å². The maximum absolute atomic E-state index is 12.9. The number of nitrogens with zero attached hydrogens (tertiary/aromatic N) is 4. The molecule has 1 saturated heterocycles. The molecule has 154 valence electrons. The molecule has 0 radical (unpaired) electrons. The number of carbonyl (C=O) groups excluding carboxylic acids is 1. The van der Waals surface area contributed by atoms with Crippen molar-refractivity contribution in [2.45, 2.75) is 45.4 Å². The quantitative estimate of drug-likeness (QED) is 0.746. The highest BCUT2D eigenvalue weighted by atomic mass is 16.5. The van der Waals surface area contributed by atoms with E-state index in [0.717, 1.165) is 24.2 Å². The first-order chi connectivity index (χ1) is 14.0. The van der Waals surface area contributed by atoms with Gasteiger partial charge in [-0.3, -0.25) is 4.79 Å². The van der Waals surface area contributed by atoms with Gasteiger partial charge < -0.3 is 14.4 Å². The van der Waals surface area contributed by atoms with E-state index in [1.54, 1.807) is 19.4 Å². The van der Waals surface area contributed by atoms with Crippen molar-refractivity contribution in [1.82, 2.24) is 20.1 Å². The largest absolute Gasteiger partial charge is 0.493 e. The monoisotopic (exact) mass is 396 g/mol. The van der Waals surface area contributed by atoms with Crippen LogP contribution < -0.4 is 9.47 Å². The average molecular weight is 396 g/mol. The normalized spacial score (nSPS) is 17.3. The predicted molar refractivity (Wildman–Crippen MR) is 108 cm³/mol. The van der Waals surface area contributed by atoms with Crippen LogP contribution >= 0.6 is 0 Å². The predicted octanol–water partition coefficient (Wildman–Crippen LogP) is 3.31. The molecule has 3 heterocycles. The highest BCUT2D eigenvalue weighted by molar-refractivity contribution is 5.93. The number of hydrogen-bond acceptors (Lipinski definition) is 6. The van der Waals surface area contributed by atoms with Crippen LogP contribution in [0.3, 0.4) is 0 Å². The Kier molecular flexibility index (Phi) is 5.65. The second kappa shape index (κ2) is 8.35. The van der Waals surface area contributed by atoms with Crippen LogP contribution in [-0.2, 0) is 0 Å². The number of piperidine rings is 1. The smallest absolute Gasteiger partial charge is 0.272 e. The molecule has 0 atom stereocenters. The molecular weight excluding hydrogens is 368 g/mol. The molecule has 1 aliphatic carbocycles. The van der Waals surface area contributed by atoms with Gasteiger partial charge in [-0.05, 0) is 57.1 Å². The van der Waals surface area contributed by atoms with E-state index in [0.29, 0.717) is 48.7 Å². The highest BCUT2D eigenvalue weighted by Crippen LogP contribution is 2.33. The summed E-state index contributed by atoms with van der Waals surface area (Å²) in [6, 6.07) is 3.76. The summed E-state index contributed by atoms with van der Waals surface area (Å²) < 4.78 is 11.2. The first kappa shape index (κ1) is 19.6. The minimum atomic E-state index is -0.0674. The molecule has 0 N–H and O–H groups in total. The van der Waals surface area contributed by atoms with Crippen LogP contribution in [0, 0.1) is 19.8 Å². The molecule has 0 aromatic carbocycles. The summed E-state index contributed by atoms with van der Waals surface area (Å²) >= 11 is 0. The van der Waals surface area contributed by atoms with E-state index in [9.17, 15) is 4.79 Å². The van der Waals surface area contributed by atoms with Crippen LogP contribution in [0.2, 0.25) is 0 Å². The topological polar surface area (TPSA) is 77.4 Å². The molecule has 7 heteroatoms. The van der Waals surface area contributed by atoms with E-state index in [-0.39, 0.29) is 5.91 Å². The zero-order chi connectivity index (χ0) is 20.4. The Morgan fingerprint density at radius 1 is 1.10 bits per heavy atom. The van der Waals surface area contributed by atoms with Gasteiger partial charge in [0.2, 0.25) is 0 Å². The number of methoxy groups -OCH3 is 1. The van der Waals surface area contributed by atoms with Gasteiger partial charge in [-0.2, -0.15) is 10.2 Å². The summed E-state index contributed by atoms with van der Waals surface area (Å²) in [5, 5.41) is 8.61. The highest BCUT2D eigenvalue weighted by Gasteiger charge is 2.28. The van der Waals surface area contributed by atoms with Gasteiger partial charge >= 0.3 is 0 Å². The number of pyridine rings is 1. The number of carbonyl (C=O) groups is 1. The van der Waals surface area contributed by atoms with Gasteiger partial charge in [-0.1, -0.05) is 0 Å². The Bertz CT molecular complexity index is 890. The van der Waals surface area contributed by atoms with Gasteiger partial charge in [-0.15, -0.1) is 0 Å². The molecule has 1 aliphatic heterocycles. The van der Waals surface area contributed by atoms with Crippen LogP contribution in [-0.4, -0.2) is 52.8 Å². The molecule has 1 saturated carbocycles. The van der Waals surface area contributed by atoms with Crippen LogP contribution in [0.1, 0.15) is 59.0 Å². The summed E-state index contributed by atoms with van der Waals surface area (Å²) in [6.07, 6.45) is 5.80. The lowest BCUT2D eigenvalue weighted by Gasteiger charge is -2.32. The number of aryl methyl sites for hydroxylation is 2. The molecule has 4 rings (SSSR count).